The molecule has 35 heavy (non-hydrogen) atoms. The van der Waals surface area contributed by atoms with Gasteiger partial charge in [0.25, 0.3) is 0 Å². The van der Waals surface area contributed by atoms with Crippen molar-refractivity contribution in [2.24, 2.45) is 5.92 Å². The maximum absolute atomic E-state index is 13.2. The Labute approximate surface area is 205 Å². The molecule has 5 rings (SSSR count). The van der Waals surface area contributed by atoms with Crippen molar-refractivity contribution >= 4 is 18.0 Å². The predicted octanol–water partition coefficient (Wildman–Crippen LogP) is 4.55. The van der Waals surface area contributed by atoms with Crippen molar-refractivity contribution in [3.05, 3.63) is 59.7 Å². The number of benzene rings is 2. The van der Waals surface area contributed by atoms with Gasteiger partial charge in [-0.2, -0.15) is 0 Å². The maximum Gasteiger partial charge on any atom is 0.407 e. The van der Waals surface area contributed by atoms with E-state index in [9.17, 15) is 19.5 Å². The van der Waals surface area contributed by atoms with Crippen LogP contribution in [0.4, 0.5) is 4.79 Å². The van der Waals surface area contributed by atoms with Crippen LogP contribution in [-0.4, -0.2) is 52.7 Å². The van der Waals surface area contributed by atoms with Crippen LogP contribution in [0.15, 0.2) is 48.5 Å². The van der Waals surface area contributed by atoms with E-state index in [0.717, 1.165) is 36.8 Å². The topological polar surface area (TPSA) is 95.9 Å². The average molecular weight is 477 g/mol. The largest absolute Gasteiger partial charge is 0.480 e. The second kappa shape index (κ2) is 9.36. The average Bonchev–Trinajstić information content (AvgIpc) is 3.67. The molecule has 2 fully saturated rings. The molecule has 2 N–H and O–H groups in total. The van der Waals surface area contributed by atoms with Crippen LogP contribution >= 0.6 is 0 Å². The summed E-state index contributed by atoms with van der Waals surface area (Å²) in [6.45, 7) is 2.53. The summed E-state index contributed by atoms with van der Waals surface area (Å²) < 4.78 is 5.73. The van der Waals surface area contributed by atoms with Gasteiger partial charge in [0.2, 0.25) is 5.91 Å². The lowest BCUT2D eigenvalue weighted by Gasteiger charge is -2.37. The number of nitrogens with zero attached hydrogens (tertiary/aromatic N) is 1. The highest BCUT2D eigenvalue weighted by molar-refractivity contribution is 5.85. The number of nitrogens with one attached hydrogen (secondary N) is 1. The molecule has 1 aliphatic heterocycles. The molecular formula is C28H32N2O5. The summed E-state index contributed by atoms with van der Waals surface area (Å²) in [6, 6.07) is 15.6. The number of hydrogen-bond donors (Lipinski definition) is 2. The Balaban J connectivity index is 1.25. The molecule has 3 aliphatic rings. The number of aliphatic carboxylic acids is 1. The van der Waals surface area contributed by atoms with Gasteiger partial charge in [0.15, 0.2) is 0 Å². The second-order valence-corrected chi connectivity index (χ2v) is 10.3. The Kier molecular flexibility index (Phi) is 6.26. The third-order valence-corrected chi connectivity index (χ3v) is 7.84. The van der Waals surface area contributed by atoms with Crippen LogP contribution in [0.2, 0.25) is 0 Å². The number of ether oxygens (including phenoxy) is 1. The summed E-state index contributed by atoms with van der Waals surface area (Å²) in [6.07, 6.45) is 3.47. The highest BCUT2D eigenvalue weighted by atomic mass is 16.5. The number of hydrogen-bond acceptors (Lipinski definition) is 4. The van der Waals surface area contributed by atoms with Crippen molar-refractivity contribution in [3.8, 4) is 11.1 Å². The number of carbonyl (C=O) groups excluding carboxylic acids is 2. The fourth-order valence-corrected chi connectivity index (χ4v) is 5.78. The van der Waals surface area contributed by atoms with E-state index in [1.54, 1.807) is 0 Å². The lowest BCUT2D eigenvalue weighted by Crippen LogP contribution is -2.54. The Morgan fingerprint density at radius 2 is 1.63 bits per heavy atom. The summed E-state index contributed by atoms with van der Waals surface area (Å²) in [5.41, 5.74) is 3.86. The third kappa shape index (κ3) is 4.64. The molecule has 7 heteroatoms. The van der Waals surface area contributed by atoms with E-state index < -0.39 is 23.6 Å². The van der Waals surface area contributed by atoms with Gasteiger partial charge in [0.05, 0.1) is 12.0 Å². The number of likely N-dealkylation sites (tertiary alicyclic amines) is 1. The van der Waals surface area contributed by atoms with Crippen LogP contribution in [0.1, 0.15) is 62.5 Å². The van der Waals surface area contributed by atoms with Crippen LogP contribution < -0.4 is 5.32 Å². The third-order valence-electron chi connectivity index (χ3n) is 7.84. The number of carboxylic acid groups (broad SMARTS) is 1. The van der Waals surface area contributed by atoms with Gasteiger partial charge < -0.3 is 20.1 Å². The number of alkyl carbamates (subject to hydrolysis) is 1. The van der Waals surface area contributed by atoms with Crippen LogP contribution in [0.3, 0.4) is 0 Å². The van der Waals surface area contributed by atoms with E-state index in [-0.39, 0.29) is 30.8 Å². The molecule has 1 unspecified atom stereocenters. The van der Waals surface area contributed by atoms with Gasteiger partial charge in [-0.05, 0) is 67.2 Å². The first-order valence-corrected chi connectivity index (χ1v) is 12.5. The number of amides is 2. The van der Waals surface area contributed by atoms with Crippen LogP contribution in [0, 0.1) is 5.92 Å². The first-order chi connectivity index (χ1) is 16.9. The van der Waals surface area contributed by atoms with E-state index in [4.69, 9.17) is 4.74 Å². The van der Waals surface area contributed by atoms with Crippen molar-refractivity contribution in [2.45, 2.75) is 62.9 Å². The summed E-state index contributed by atoms with van der Waals surface area (Å²) in [7, 11) is 0. The lowest BCUT2D eigenvalue weighted by atomic mass is 9.90. The van der Waals surface area contributed by atoms with Gasteiger partial charge in [-0.15, -0.1) is 0 Å². The van der Waals surface area contributed by atoms with E-state index in [1.807, 2.05) is 31.2 Å². The summed E-state index contributed by atoms with van der Waals surface area (Å²) >= 11 is 0. The summed E-state index contributed by atoms with van der Waals surface area (Å²) in [5, 5.41) is 12.5. The standard InChI is InChI=1S/C28H32N2O5/c1-28(18-13-14-18,16-25(31)30-15-7-6-12-24(30)26(32)33)29-27(34)35-17-23-21-10-4-2-8-19(21)20-9-3-5-11-22(20)23/h2-5,8-11,18,23-24H,6-7,12-17H2,1H3,(H,29,34)(H,32,33)/t24-,28?/m1/s1. The molecule has 2 amide bonds. The Bertz CT molecular complexity index is 1100. The minimum Gasteiger partial charge on any atom is -0.480 e. The zero-order valence-corrected chi connectivity index (χ0v) is 20.0. The molecule has 0 radical (unpaired) electrons. The van der Waals surface area contributed by atoms with Gasteiger partial charge in [0, 0.05) is 12.5 Å². The van der Waals surface area contributed by atoms with E-state index in [2.05, 4.69) is 29.6 Å². The molecule has 7 nitrogen and oxygen atoms in total. The molecule has 2 aromatic carbocycles. The van der Waals surface area contributed by atoms with E-state index in [1.165, 1.54) is 16.0 Å². The van der Waals surface area contributed by atoms with Crippen LogP contribution in [0.25, 0.3) is 11.1 Å². The number of carbonyl (C=O) groups is 3. The van der Waals surface area contributed by atoms with Crippen molar-refractivity contribution in [1.82, 2.24) is 10.2 Å². The highest BCUT2D eigenvalue weighted by Gasteiger charge is 2.46. The Morgan fingerprint density at radius 1 is 1.00 bits per heavy atom. The van der Waals surface area contributed by atoms with Crippen LogP contribution in [-0.2, 0) is 14.3 Å². The number of rotatable bonds is 7. The predicted molar refractivity (Wildman–Crippen MR) is 131 cm³/mol. The second-order valence-electron chi connectivity index (χ2n) is 10.3. The summed E-state index contributed by atoms with van der Waals surface area (Å²) in [4.78, 5) is 39.2. The molecule has 1 saturated carbocycles. The van der Waals surface area contributed by atoms with Crippen molar-refractivity contribution in [3.63, 3.8) is 0 Å². The quantitative estimate of drug-likeness (QED) is 0.611. The minimum absolute atomic E-state index is 0.0355. The molecule has 1 saturated heterocycles. The minimum atomic E-state index is -0.962. The molecule has 0 aromatic heterocycles. The molecule has 1 heterocycles. The molecule has 2 atom stereocenters. The maximum atomic E-state index is 13.2. The smallest absolute Gasteiger partial charge is 0.407 e. The first-order valence-electron chi connectivity index (χ1n) is 12.5. The fraction of sp³-hybridized carbons (Fsp3) is 0.464. The van der Waals surface area contributed by atoms with Crippen molar-refractivity contribution in [2.75, 3.05) is 13.2 Å². The number of fused-ring (bicyclic) bond motifs is 3. The van der Waals surface area contributed by atoms with E-state index in [0.29, 0.717) is 13.0 Å². The van der Waals surface area contributed by atoms with Gasteiger partial charge in [0.1, 0.15) is 12.6 Å². The van der Waals surface area contributed by atoms with E-state index >= 15 is 0 Å². The van der Waals surface area contributed by atoms with Gasteiger partial charge >= 0.3 is 12.1 Å². The first kappa shape index (κ1) is 23.4. The SMILES string of the molecule is CC(CC(=O)N1CCCC[C@@H]1C(=O)O)(NC(=O)OCC1c2ccccc2-c2ccccc21)C1CC1. The van der Waals surface area contributed by atoms with Crippen molar-refractivity contribution < 1.29 is 24.2 Å². The van der Waals surface area contributed by atoms with Gasteiger partial charge in [-0.1, -0.05) is 48.5 Å². The molecular weight excluding hydrogens is 444 g/mol. The van der Waals surface area contributed by atoms with Crippen molar-refractivity contribution in [1.29, 1.82) is 0 Å². The highest BCUT2D eigenvalue weighted by Crippen LogP contribution is 2.45. The molecule has 2 aliphatic carbocycles. The zero-order valence-electron chi connectivity index (χ0n) is 20.0. The van der Waals surface area contributed by atoms with Gasteiger partial charge in [-0.3, -0.25) is 4.79 Å². The lowest BCUT2D eigenvalue weighted by molar-refractivity contribution is -0.152. The fourth-order valence-electron chi connectivity index (χ4n) is 5.78. The number of carboxylic acids is 1. The van der Waals surface area contributed by atoms with Gasteiger partial charge in [-0.25, -0.2) is 9.59 Å². The Hall–Kier alpha value is -3.35. The molecule has 184 valence electrons. The molecule has 2 aromatic rings. The monoisotopic (exact) mass is 476 g/mol. The molecule has 0 spiro atoms. The summed E-state index contributed by atoms with van der Waals surface area (Å²) in [5.74, 6) is -1.03. The molecule has 0 bridgehead atoms. The van der Waals surface area contributed by atoms with Crippen LogP contribution in [0.5, 0.6) is 0 Å². The zero-order chi connectivity index (χ0) is 24.6. The normalized spacial score (nSPS) is 20.9. The Morgan fingerprint density at radius 3 is 2.23 bits per heavy atom. The number of piperidine rings is 1.